The van der Waals surface area contributed by atoms with Gasteiger partial charge in [0.15, 0.2) is 0 Å². The summed E-state index contributed by atoms with van der Waals surface area (Å²) < 4.78 is 6.80. The van der Waals surface area contributed by atoms with Crippen LogP contribution in [0, 0.1) is 0 Å². The van der Waals surface area contributed by atoms with Crippen LogP contribution in [0.15, 0.2) is 59.1 Å². The summed E-state index contributed by atoms with van der Waals surface area (Å²) in [5, 5.41) is 9.91. The van der Waals surface area contributed by atoms with E-state index < -0.39 is 5.97 Å². The van der Waals surface area contributed by atoms with Gasteiger partial charge in [-0.2, -0.15) is 0 Å². The molecular weight excluding hydrogens is 346 g/mol. The van der Waals surface area contributed by atoms with Crippen LogP contribution in [0.25, 0.3) is 10.9 Å². The number of nitrogens with zero attached hydrogens (tertiary/aromatic N) is 1. The van der Waals surface area contributed by atoms with Crippen LogP contribution in [-0.2, 0) is 6.61 Å². The van der Waals surface area contributed by atoms with Gasteiger partial charge in [0.1, 0.15) is 23.6 Å². The highest BCUT2D eigenvalue weighted by Gasteiger charge is 2.10. The minimum Gasteiger partial charge on any atom is -0.487 e. The van der Waals surface area contributed by atoms with Gasteiger partial charge in [-0.15, -0.1) is 0 Å². The number of fused-ring (bicyclic) bond motifs is 1. The fraction of sp³-hybridized carbons (Fsp3) is 0.0588. The maximum Gasteiger partial charge on any atom is 0.354 e. The van der Waals surface area contributed by atoms with E-state index in [0.717, 1.165) is 15.4 Å². The molecule has 0 spiro atoms. The van der Waals surface area contributed by atoms with Crippen molar-refractivity contribution in [1.82, 2.24) is 4.98 Å². The zero-order valence-electron chi connectivity index (χ0n) is 11.5. The Hall–Kier alpha value is -2.40. The lowest BCUT2D eigenvalue weighted by Crippen LogP contribution is -2.02. The topological polar surface area (TPSA) is 59.4 Å². The summed E-state index contributed by atoms with van der Waals surface area (Å²) in [6, 6.07) is 16.5. The molecule has 3 rings (SSSR count). The third-order valence-corrected chi connectivity index (χ3v) is 4.02. The molecule has 0 atom stereocenters. The van der Waals surface area contributed by atoms with E-state index in [9.17, 15) is 4.79 Å². The summed E-state index contributed by atoms with van der Waals surface area (Å²) in [6.07, 6.45) is 0. The van der Waals surface area contributed by atoms with Crippen molar-refractivity contribution in [3.8, 4) is 5.75 Å². The van der Waals surface area contributed by atoms with Crippen LogP contribution in [0.2, 0.25) is 0 Å². The SMILES string of the molecule is O=C(O)c1ccc2cccc(OCc3ccccc3Br)c2n1. The number of aromatic nitrogens is 1. The average Bonchev–Trinajstić information content (AvgIpc) is 2.53. The third-order valence-electron chi connectivity index (χ3n) is 3.24. The molecule has 0 unspecified atom stereocenters. The number of carboxylic acid groups (broad SMARTS) is 1. The summed E-state index contributed by atoms with van der Waals surface area (Å²) in [5.41, 5.74) is 1.56. The van der Waals surface area contributed by atoms with Crippen molar-refractivity contribution in [3.05, 3.63) is 70.3 Å². The van der Waals surface area contributed by atoms with Crippen molar-refractivity contribution in [3.63, 3.8) is 0 Å². The van der Waals surface area contributed by atoms with Gasteiger partial charge in [-0.1, -0.05) is 52.3 Å². The molecule has 22 heavy (non-hydrogen) atoms. The first-order chi connectivity index (χ1) is 10.6. The van der Waals surface area contributed by atoms with Crippen LogP contribution in [0.3, 0.4) is 0 Å². The molecule has 0 saturated heterocycles. The van der Waals surface area contributed by atoms with Crippen LogP contribution in [0.5, 0.6) is 5.75 Å². The second-order valence-electron chi connectivity index (χ2n) is 4.71. The molecule has 3 aromatic rings. The van der Waals surface area contributed by atoms with Gasteiger partial charge in [0.05, 0.1) is 0 Å². The molecule has 1 aromatic heterocycles. The molecule has 0 aliphatic heterocycles. The zero-order valence-corrected chi connectivity index (χ0v) is 13.1. The zero-order chi connectivity index (χ0) is 15.5. The number of hydrogen-bond donors (Lipinski definition) is 1. The average molecular weight is 358 g/mol. The smallest absolute Gasteiger partial charge is 0.354 e. The molecule has 0 fully saturated rings. The van der Waals surface area contributed by atoms with Crippen molar-refractivity contribution in [1.29, 1.82) is 0 Å². The van der Waals surface area contributed by atoms with Crippen LogP contribution in [0.1, 0.15) is 16.1 Å². The fourth-order valence-electron chi connectivity index (χ4n) is 2.13. The van der Waals surface area contributed by atoms with Crippen molar-refractivity contribution in [2.24, 2.45) is 0 Å². The molecule has 0 bridgehead atoms. The van der Waals surface area contributed by atoms with Gasteiger partial charge in [0, 0.05) is 15.4 Å². The Bertz CT molecular complexity index is 848. The number of carboxylic acids is 1. The predicted molar refractivity (Wildman–Crippen MR) is 87.2 cm³/mol. The van der Waals surface area contributed by atoms with E-state index in [2.05, 4.69) is 20.9 Å². The lowest BCUT2D eigenvalue weighted by molar-refractivity contribution is 0.0691. The number of ether oxygens (including phenoxy) is 1. The van der Waals surface area contributed by atoms with E-state index in [-0.39, 0.29) is 5.69 Å². The third kappa shape index (κ3) is 2.94. The van der Waals surface area contributed by atoms with E-state index in [0.29, 0.717) is 17.9 Å². The molecule has 5 heteroatoms. The number of rotatable bonds is 4. The molecule has 0 amide bonds. The van der Waals surface area contributed by atoms with Crippen LogP contribution >= 0.6 is 15.9 Å². The summed E-state index contributed by atoms with van der Waals surface area (Å²) in [5.74, 6) is -0.487. The van der Waals surface area contributed by atoms with E-state index in [1.54, 1.807) is 12.1 Å². The van der Waals surface area contributed by atoms with E-state index in [4.69, 9.17) is 9.84 Å². The first-order valence-electron chi connectivity index (χ1n) is 6.64. The highest BCUT2D eigenvalue weighted by molar-refractivity contribution is 9.10. The van der Waals surface area contributed by atoms with Crippen molar-refractivity contribution >= 4 is 32.8 Å². The normalized spacial score (nSPS) is 10.6. The summed E-state index contributed by atoms with van der Waals surface area (Å²) >= 11 is 3.48. The summed E-state index contributed by atoms with van der Waals surface area (Å²) in [7, 11) is 0. The summed E-state index contributed by atoms with van der Waals surface area (Å²) in [6.45, 7) is 0.375. The molecule has 2 aromatic carbocycles. The largest absolute Gasteiger partial charge is 0.487 e. The Morgan fingerprint density at radius 3 is 2.68 bits per heavy atom. The van der Waals surface area contributed by atoms with Gasteiger partial charge in [-0.3, -0.25) is 0 Å². The van der Waals surface area contributed by atoms with Gasteiger partial charge >= 0.3 is 5.97 Å². The van der Waals surface area contributed by atoms with Crippen LogP contribution in [-0.4, -0.2) is 16.1 Å². The highest BCUT2D eigenvalue weighted by Crippen LogP contribution is 2.26. The highest BCUT2D eigenvalue weighted by atomic mass is 79.9. The first kappa shape index (κ1) is 14.5. The maximum absolute atomic E-state index is 11.1. The lowest BCUT2D eigenvalue weighted by atomic mass is 10.2. The molecule has 0 radical (unpaired) electrons. The number of para-hydroxylation sites is 1. The minimum absolute atomic E-state index is 0.00411. The van der Waals surface area contributed by atoms with Crippen molar-refractivity contribution in [2.75, 3.05) is 0 Å². The Kier molecular flexibility index (Phi) is 4.06. The molecule has 0 aliphatic carbocycles. The number of benzene rings is 2. The summed E-state index contributed by atoms with van der Waals surface area (Å²) in [4.78, 5) is 15.2. The quantitative estimate of drug-likeness (QED) is 0.757. The Balaban J connectivity index is 1.94. The Morgan fingerprint density at radius 1 is 1.09 bits per heavy atom. The van der Waals surface area contributed by atoms with Crippen LogP contribution < -0.4 is 4.74 Å². The monoisotopic (exact) mass is 357 g/mol. The number of pyridine rings is 1. The van der Waals surface area contributed by atoms with Crippen molar-refractivity contribution < 1.29 is 14.6 Å². The number of halogens is 1. The Morgan fingerprint density at radius 2 is 1.91 bits per heavy atom. The maximum atomic E-state index is 11.1. The first-order valence-corrected chi connectivity index (χ1v) is 7.44. The molecule has 4 nitrogen and oxygen atoms in total. The van der Waals surface area contributed by atoms with Gasteiger partial charge in [-0.25, -0.2) is 9.78 Å². The molecule has 0 saturated carbocycles. The van der Waals surface area contributed by atoms with Gasteiger partial charge in [0.2, 0.25) is 0 Å². The van der Waals surface area contributed by atoms with Gasteiger partial charge in [0.25, 0.3) is 0 Å². The molecule has 0 aliphatic rings. The molecule has 110 valence electrons. The standard InChI is InChI=1S/C17H12BrNO3/c18-13-6-2-1-4-12(13)10-22-15-7-3-5-11-8-9-14(17(20)21)19-16(11)15/h1-9H,10H2,(H,20,21). The number of aromatic carboxylic acids is 1. The lowest BCUT2D eigenvalue weighted by Gasteiger charge is -2.10. The molecule has 1 N–H and O–H groups in total. The van der Waals surface area contributed by atoms with E-state index in [1.165, 1.54) is 6.07 Å². The minimum atomic E-state index is -1.05. The van der Waals surface area contributed by atoms with Crippen molar-refractivity contribution in [2.45, 2.75) is 6.61 Å². The number of carbonyl (C=O) groups is 1. The molecule has 1 heterocycles. The van der Waals surface area contributed by atoms with E-state index in [1.807, 2.05) is 36.4 Å². The fourth-order valence-corrected chi connectivity index (χ4v) is 2.53. The predicted octanol–water partition coefficient (Wildman–Crippen LogP) is 4.27. The molecular formula is C17H12BrNO3. The number of hydrogen-bond acceptors (Lipinski definition) is 3. The second-order valence-corrected chi connectivity index (χ2v) is 5.56. The Labute approximate surface area is 135 Å². The van der Waals surface area contributed by atoms with E-state index >= 15 is 0 Å². The van der Waals surface area contributed by atoms with Gasteiger partial charge < -0.3 is 9.84 Å². The van der Waals surface area contributed by atoms with Gasteiger partial charge in [-0.05, 0) is 18.2 Å². The second kappa shape index (κ2) is 6.15. The van der Waals surface area contributed by atoms with Crippen LogP contribution in [0.4, 0.5) is 0 Å².